The van der Waals surface area contributed by atoms with E-state index in [1.54, 1.807) is 0 Å². The van der Waals surface area contributed by atoms with Crippen LogP contribution in [0.5, 0.6) is 0 Å². The molecule has 2 rings (SSSR count). The minimum absolute atomic E-state index is 0.828. The van der Waals surface area contributed by atoms with Crippen molar-refractivity contribution in [2.45, 2.75) is 45.3 Å². The summed E-state index contributed by atoms with van der Waals surface area (Å²) in [5.74, 6) is 0. The van der Waals surface area contributed by atoms with Gasteiger partial charge in [0.1, 0.15) is 0 Å². The zero-order valence-electron chi connectivity index (χ0n) is 10.9. The molecule has 0 amide bonds. The van der Waals surface area contributed by atoms with Gasteiger partial charge in [0.25, 0.3) is 0 Å². The summed E-state index contributed by atoms with van der Waals surface area (Å²) in [4.78, 5) is 7.12. The van der Waals surface area contributed by atoms with Crippen molar-refractivity contribution < 1.29 is 0 Å². The summed E-state index contributed by atoms with van der Waals surface area (Å²) < 4.78 is 0. The molecule has 17 heavy (non-hydrogen) atoms. The summed E-state index contributed by atoms with van der Waals surface area (Å²) in [6, 6.07) is 5.17. The Morgan fingerprint density at radius 2 is 2.24 bits per heavy atom. The topological polar surface area (TPSA) is 28.2 Å². The molecule has 0 unspecified atom stereocenters. The summed E-state index contributed by atoms with van der Waals surface area (Å²) in [6.45, 7) is 5.36. The number of hydrogen-bond acceptors (Lipinski definition) is 3. The molecular formula is C14H23N3. The van der Waals surface area contributed by atoms with Gasteiger partial charge in [-0.3, -0.25) is 9.88 Å². The molecule has 0 atom stereocenters. The van der Waals surface area contributed by atoms with Crippen molar-refractivity contribution in [1.82, 2.24) is 15.2 Å². The third kappa shape index (κ3) is 3.79. The molecule has 1 aromatic heterocycles. The fourth-order valence-corrected chi connectivity index (χ4v) is 2.18. The summed E-state index contributed by atoms with van der Waals surface area (Å²) in [7, 11) is 1.96. The molecule has 0 bridgehead atoms. The van der Waals surface area contributed by atoms with Crippen LogP contribution >= 0.6 is 0 Å². The fraction of sp³-hybridized carbons (Fsp3) is 0.643. The third-order valence-corrected chi connectivity index (χ3v) is 3.21. The number of rotatable bonds is 7. The van der Waals surface area contributed by atoms with Crippen LogP contribution in [0.2, 0.25) is 0 Å². The highest BCUT2D eigenvalue weighted by Gasteiger charge is 2.28. The van der Waals surface area contributed by atoms with Crippen LogP contribution in [-0.2, 0) is 13.1 Å². The Bertz CT molecular complexity index is 330. The van der Waals surface area contributed by atoms with Crippen LogP contribution in [0, 0.1) is 0 Å². The van der Waals surface area contributed by atoms with Crippen molar-refractivity contribution in [3.63, 3.8) is 0 Å². The van der Waals surface area contributed by atoms with Gasteiger partial charge in [0.15, 0.2) is 0 Å². The van der Waals surface area contributed by atoms with E-state index >= 15 is 0 Å². The highest BCUT2D eigenvalue weighted by atomic mass is 15.2. The summed E-state index contributed by atoms with van der Waals surface area (Å²) in [5, 5.41) is 3.14. The molecule has 0 spiro atoms. The van der Waals surface area contributed by atoms with Crippen LogP contribution in [0.1, 0.15) is 37.4 Å². The van der Waals surface area contributed by atoms with Gasteiger partial charge >= 0.3 is 0 Å². The van der Waals surface area contributed by atoms with Gasteiger partial charge in [0.05, 0.1) is 5.69 Å². The van der Waals surface area contributed by atoms with Gasteiger partial charge in [-0.1, -0.05) is 13.0 Å². The van der Waals surface area contributed by atoms with E-state index in [-0.39, 0.29) is 0 Å². The lowest BCUT2D eigenvalue weighted by Gasteiger charge is -2.20. The van der Waals surface area contributed by atoms with Crippen LogP contribution in [0.15, 0.2) is 18.3 Å². The van der Waals surface area contributed by atoms with E-state index in [2.05, 4.69) is 34.3 Å². The molecule has 3 heteroatoms. The van der Waals surface area contributed by atoms with Gasteiger partial charge in [0, 0.05) is 25.3 Å². The van der Waals surface area contributed by atoms with E-state index < -0.39 is 0 Å². The van der Waals surface area contributed by atoms with Crippen molar-refractivity contribution >= 4 is 0 Å². The second kappa shape index (κ2) is 6.12. The molecule has 0 aliphatic heterocycles. The Labute approximate surface area is 104 Å². The van der Waals surface area contributed by atoms with Crippen molar-refractivity contribution in [2.24, 2.45) is 0 Å². The van der Waals surface area contributed by atoms with Crippen LogP contribution in [0.25, 0.3) is 0 Å². The molecule has 3 nitrogen and oxygen atoms in total. The molecule has 0 radical (unpaired) electrons. The van der Waals surface area contributed by atoms with Crippen molar-refractivity contribution in [3.8, 4) is 0 Å². The Hall–Kier alpha value is -0.930. The van der Waals surface area contributed by atoms with Gasteiger partial charge in [-0.15, -0.1) is 0 Å². The first-order valence-corrected chi connectivity index (χ1v) is 6.66. The number of hydrogen-bond donors (Lipinski definition) is 1. The van der Waals surface area contributed by atoms with E-state index in [0.717, 1.165) is 19.1 Å². The van der Waals surface area contributed by atoms with Gasteiger partial charge in [0.2, 0.25) is 0 Å². The number of pyridine rings is 1. The van der Waals surface area contributed by atoms with E-state index in [1.807, 2.05) is 13.2 Å². The number of aromatic nitrogens is 1. The van der Waals surface area contributed by atoms with Crippen molar-refractivity contribution in [1.29, 1.82) is 0 Å². The molecule has 1 heterocycles. The van der Waals surface area contributed by atoms with Crippen LogP contribution < -0.4 is 5.32 Å². The Kier molecular flexibility index (Phi) is 4.51. The molecule has 1 fully saturated rings. The van der Waals surface area contributed by atoms with Crippen molar-refractivity contribution in [3.05, 3.63) is 29.6 Å². The standard InChI is InChI=1S/C14H23N3/c1-3-8-17(14-6-7-14)11-13-5-4-12(9-15-2)10-16-13/h4-5,10,14-15H,3,6-9,11H2,1-2H3. The minimum atomic E-state index is 0.828. The van der Waals surface area contributed by atoms with Crippen LogP contribution in [-0.4, -0.2) is 29.5 Å². The van der Waals surface area contributed by atoms with Crippen LogP contribution in [0.4, 0.5) is 0 Å². The minimum Gasteiger partial charge on any atom is -0.316 e. The Balaban J connectivity index is 1.92. The lowest BCUT2D eigenvalue weighted by molar-refractivity contribution is 0.252. The maximum absolute atomic E-state index is 4.55. The predicted octanol–water partition coefficient (Wildman–Crippen LogP) is 2.18. The van der Waals surface area contributed by atoms with Gasteiger partial charge < -0.3 is 5.32 Å². The fourth-order valence-electron chi connectivity index (χ4n) is 2.18. The Morgan fingerprint density at radius 3 is 2.76 bits per heavy atom. The van der Waals surface area contributed by atoms with Crippen molar-refractivity contribution in [2.75, 3.05) is 13.6 Å². The Morgan fingerprint density at radius 1 is 1.41 bits per heavy atom. The largest absolute Gasteiger partial charge is 0.316 e. The lowest BCUT2D eigenvalue weighted by Crippen LogP contribution is -2.26. The first kappa shape index (κ1) is 12.5. The van der Waals surface area contributed by atoms with Crippen LogP contribution in [0.3, 0.4) is 0 Å². The first-order chi connectivity index (χ1) is 8.33. The van der Waals surface area contributed by atoms with Gasteiger partial charge in [-0.2, -0.15) is 0 Å². The molecule has 1 aromatic rings. The smallest absolute Gasteiger partial charge is 0.0544 e. The second-order valence-corrected chi connectivity index (χ2v) is 4.89. The van der Waals surface area contributed by atoms with Gasteiger partial charge in [-0.25, -0.2) is 0 Å². The molecule has 1 aliphatic rings. The van der Waals surface area contributed by atoms with E-state index in [0.29, 0.717) is 0 Å². The van der Waals surface area contributed by atoms with E-state index in [4.69, 9.17) is 0 Å². The molecule has 0 aromatic carbocycles. The van der Waals surface area contributed by atoms with E-state index in [9.17, 15) is 0 Å². The lowest BCUT2D eigenvalue weighted by atomic mass is 10.2. The highest BCUT2D eigenvalue weighted by Crippen LogP contribution is 2.28. The normalized spacial score (nSPS) is 15.5. The highest BCUT2D eigenvalue weighted by molar-refractivity contribution is 5.14. The third-order valence-electron chi connectivity index (χ3n) is 3.21. The maximum atomic E-state index is 4.55. The quantitative estimate of drug-likeness (QED) is 0.782. The summed E-state index contributed by atoms with van der Waals surface area (Å²) in [5.41, 5.74) is 2.45. The molecule has 1 saturated carbocycles. The van der Waals surface area contributed by atoms with Gasteiger partial charge in [-0.05, 0) is 44.5 Å². The zero-order chi connectivity index (χ0) is 12.1. The van der Waals surface area contributed by atoms with E-state index in [1.165, 1.54) is 37.1 Å². The molecule has 1 aliphatic carbocycles. The average molecular weight is 233 g/mol. The zero-order valence-corrected chi connectivity index (χ0v) is 10.9. The SMILES string of the molecule is CCCN(Cc1ccc(CNC)cn1)C1CC1. The molecule has 0 saturated heterocycles. The molecule has 94 valence electrons. The number of nitrogens with zero attached hydrogens (tertiary/aromatic N) is 2. The average Bonchev–Trinajstić information content (AvgIpc) is 3.15. The number of nitrogens with one attached hydrogen (secondary N) is 1. The maximum Gasteiger partial charge on any atom is 0.0544 e. The molecule has 1 N–H and O–H groups in total. The summed E-state index contributed by atoms with van der Waals surface area (Å²) in [6.07, 6.45) is 5.97. The molecular weight excluding hydrogens is 210 g/mol. The monoisotopic (exact) mass is 233 g/mol. The predicted molar refractivity (Wildman–Crippen MR) is 70.7 cm³/mol. The second-order valence-electron chi connectivity index (χ2n) is 4.89. The summed E-state index contributed by atoms with van der Waals surface area (Å²) >= 11 is 0. The first-order valence-electron chi connectivity index (χ1n) is 6.66.